The maximum Gasteiger partial charge on any atom is 0.115 e. The van der Waals surface area contributed by atoms with Crippen molar-refractivity contribution in [1.29, 1.82) is 0 Å². The second-order valence-electron chi connectivity index (χ2n) is 8.98. The van der Waals surface area contributed by atoms with Crippen molar-refractivity contribution in [3.05, 3.63) is 37.1 Å². The third kappa shape index (κ3) is 15.4. The van der Waals surface area contributed by atoms with E-state index in [4.69, 9.17) is 10.5 Å². The Labute approximate surface area is 195 Å². The van der Waals surface area contributed by atoms with Crippen LogP contribution in [0, 0.1) is 5.92 Å². The van der Waals surface area contributed by atoms with Crippen molar-refractivity contribution in [2.45, 2.75) is 135 Å². The highest BCUT2D eigenvalue weighted by molar-refractivity contribution is 5.36. The summed E-state index contributed by atoms with van der Waals surface area (Å²) in [7, 11) is 0. The molecular formula is C29H55NO. The van der Waals surface area contributed by atoms with Crippen LogP contribution < -0.4 is 5.73 Å². The summed E-state index contributed by atoms with van der Waals surface area (Å²) in [5, 5.41) is 0. The molecule has 0 aromatic rings. The van der Waals surface area contributed by atoms with Gasteiger partial charge in [-0.25, -0.2) is 0 Å². The number of ether oxygens (including phenoxy) is 1. The van der Waals surface area contributed by atoms with E-state index in [1.54, 1.807) is 0 Å². The average Bonchev–Trinajstić information content (AvgIpc) is 3.49. The summed E-state index contributed by atoms with van der Waals surface area (Å²) in [5.74, 6) is 1.57. The van der Waals surface area contributed by atoms with Gasteiger partial charge in [0.05, 0.1) is 6.61 Å². The summed E-state index contributed by atoms with van der Waals surface area (Å²) in [5.41, 5.74) is 6.10. The molecule has 2 N–H and O–H groups in total. The van der Waals surface area contributed by atoms with Crippen LogP contribution in [0.5, 0.6) is 0 Å². The van der Waals surface area contributed by atoms with Gasteiger partial charge in [0.1, 0.15) is 5.76 Å². The Hall–Kier alpha value is -1.02. The van der Waals surface area contributed by atoms with E-state index in [9.17, 15) is 0 Å². The van der Waals surface area contributed by atoms with Crippen molar-refractivity contribution in [3.8, 4) is 0 Å². The molecule has 2 nitrogen and oxygen atoms in total. The van der Waals surface area contributed by atoms with Crippen LogP contribution in [0.15, 0.2) is 37.1 Å². The lowest BCUT2D eigenvalue weighted by atomic mass is 10.0. The molecule has 1 fully saturated rings. The zero-order chi connectivity index (χ0) is 23.2. The average molecular weight is 434 g/mol. The number of fused-ring (bicyclic) bond motifs is 1. The molecule has 182 valence electrons. The van der Waals surface area contributed by atoms with E-state index in [-0.39, 0.29) is 5.54 Å². The number of allylic oxidation sites excluding steroid dienone is 1. The molecule has 0 radical (unpaired) electrons. The van der Waals surface area contributed by atoms with Crippen LogP contribution in [0.1, 0.15) is 130 Å². The van der Waals surface area contributed by atoms with Crippen molar-refractivity contribution < 1.29 is 4.74 Å². The van der Waals surface area contributed by atoms with E-state index in [0.717, 1.165) is 18.8 Å². The number of rotatable bonds is 18. The zero-order valence-electron chi connectivity index (χ0n) is 21.4. The molecule has 2 unspecified atom stereocenters. The summed E-state index contributed by atoms with van der Waals surface area (Å²) in [6.45, 7) is 13.2. The first-order valence-electron chi connectivity index (χ1n) is 13.6. The minimum absolute atomic E-state index is 0.0267. The quantitative estimate of drug-likeness (QED) is 0.173. The smallest absolute Gasteiger partial charge is 0.115 e. The normalized spacial score (nSPS) is 20.5. The van der Waals surface area contributed by atoms with Crippen molar-refractivity contribution in [2.75, 3.05) is 6.61 Å². The maximum absolute atomic E-state index is 6.12. The van der Waals surface area contributed by atoms with Crippen LogP contribution in [0.2, 0.25) is 0 Å². The first-order valence-corrected chi connectivity index (χ1v) is 13.6. The molecule has 2 rings (SSSR count). The van der Waals surface area contributed by atoms with E-state index >= 15 is 0 Å². The first-order chi connectivity index (χ1) is 15.2. The third-order valence-corrected chi connectivity index (χ3v) is 6.29. The van der Waals surface area contributed by atoms with Crippen LogP contribution in [0.3, 0.4) is 0 Å². The lowest BCUT2D eigenvalue weighted by Gasteiger charge is -2.12. The molecule has 2 atom stereocenters. The van der Waals surface area contributed by atoms with Gasteiger partial charge in [-0.15, -0.1) is 13.2 Å². The Morgan fingerprint density at radius 3 is 1.65 bits per heavy atom. The molecule has 0 aliphatic heterocycles. The lowest BCUT2D eigenvalue weighted by molar-refractivity contribution is 0.214. The standard InChI is InChI=1S/C25H45NO.C2H6.C2H4/c1-2-3-4-5-6-7-8-9-10-11-12-13-14-15-16-17-20-27-24-18-19-25(26)22-23(25)21-24;2*1-2/h18-19,21,23H,2-17,20,22,26H2,1H3;1-2H3;1-2H2. The van der Waals surface area contributed by atoms with Gasteiger partial charge in [-0.2, -0.15) is 0 Å². The van der Waals surface area contributed by atoms with Gasteiger partial charge in [-0.1, -0.05) is 123 Å². The molecule has 0 aromatic heterocycles. The molecule has 31 heavy (non-hydrogen) atoms. The van der Waals surface area contributed by atoms with Crippen molar-refractivity contribution in [3.63, 3.8) is 0 Å². The summed E-state index contributed by atoms with van der Waals surface area (Å²) in [4.78, 5) is 0. The molecule has 0 amide bonds. The molecule has 0 spiro atoms. The van der Waals surface area contributed by atoms with Crippen LogP contribution in [0.25, 0.3) is 0 Å². The molecule has 0 saturated heterocycles. The minimum atomic E-state index is -0.0267. The van der Waals surface area contributed by atoms with Crippen molar-refractivity contribution >= 4 is 0 Å². The lowest BCUT2D eigenvalue weighted by Crippen LogP contribution is -2.23. The Morgan fingerprint density at radius 1 is 0.806 bits per heavy atom. The summed E-state index contributed by atoms with van der Waals surface area (Å²) < 4.78 is 5.86. The number of unbranched alkanes of at least 4 members (excludes halogenated alkanes) is 15. The van der Waals surface area contributed by atoms with E-state index in [0.29, 0.717) is 5.92 Å². The van der Waals surface area contributed by atoms with E-state index in [1.165, 1.54) is 103 Å². The molecular weight excluding hydrogens is 378 g/mol. The third-order valence-electron chi connectivity index (χ3n) is 6.29. The fourth-order valence-electron chi connectivity index (χ4n) is 4.16. The predicted molar refractivity (Wildman–Crippen MR) is 140 cm³/mol. The van der Waals surface area contributed by atoms with Gasteiger partial charge in [0.25, 0.3) is 0 Å². The summed E-state index contributed by atoms with van der Waals surface area (Å²) >= 11 is 0. The molecule has 0 heterocycles. The first kappa shape index (κ1) is 30.0. The Bertz CT molecular complexity index is 456. The van der Waals surface area contributed by atoms with Gasteiger partial charge in [-0.3, -0.25) is 0 Å². The zero-order valence-corrected chi connectivity index (χ0v) is 21.4. The van der Waals surface area contributed by atoms with Crippen LogP contribution in [-0.4, -0.2) is 12.1 Å². The summed E-state index contributed by atoms with van der Waals surface area (Å²) in [6.07, 6.45) is 30.1. The van der Waals surface area contributed by atoms with Gasteiger partial charge in [-0.05, 0) is 25.0 Å². The van der Waals surface area contributed by atoms with Gasteiger partial charge in [0.2, 0.25) is 0 Å². The predicted octanol–water partition coefficient (Wildman–Crippen LogP) is 9.26. The monoisotopic (exact) mass is 433 g/mol. The van der Waals surface area contributed by atoms with Gasteiger partial charge in [0.15, 0.2) is 0 Å². The Balaban J connectivity index is 0.00000212. The fraction of sp³-hybridized carbons (Fsp3) is 0.793. The Kier molecular flexibility index (Phi) is 20.2. The van der Waals surface area contributed by atoms with Crippen LogP contribution in [-0.2, 0) is 4.74 Å². The summed E-state index contributed by atoms with van der Waals surface area (Å²) in [6, 6.07) is 0. The van der Waals surface area contributed by atoms with E-state index in [2.05, 4.69) is 38.3 Å². The van der Waals surface area contributed by atoms with Crippen LogP contribution in [0.4, 0.5) is 0 Å². The highest BCUT2D eigenvalue weighted by Gasteiger charge is 2.49. The van der Waals surface area contributed by atoms with Gasteiger partial charge < -0.3 is 10.5 Å². The number of hydrogen-bond donors (Lipinski definition) is 1. The number of nitrogens with two attached hydrogens (primary N) is 1. The molecule has 1 saturated carbocycles. The maximum atomic E-state index is 6.12. The topological polar surface area (TPSA) is 35.2 Å². The SMILES string of the molecule is C=C.CC.CCCCCCCCCCCCCCCCCCOC1=CC2CC2(N)C=C1. The largest absolute Gasteiger partial charge is 0.494 e. The molecule has 2 heteroatoms. The molecule has 2 aliphatic carbocycles. The fourth-order valence-corrected chi connectivity index (χ4v) is 4.16. The van der Waals surface area contributed by atoms with Crippen molar-refractivity contribution in [2.24, 2.45) is 11.7 Å². The van der Waals surface area contributed by atoms with Gasteiger partial charge >= 0.3 is 0 Å². The van der Waals surface area contributed by atoms with Crippen molar-refractivity contribution in [1.82, 2.24) is 0 Å². The van der Waals surface area contributed by atoms with Gasteiger partial charge in [0, 0.05) is 11.5 Å². The highest BCUT2D eigenvalue weighted by Crippen LogP contribution is 2.46. The minimum Gasteiger partial charge on any atom is -0.494 e. The molecule has 2 aliphatic rings. The van der Waals surface area contributed by atoms with E-state index in [1.807, 2.05) is 13.8 Å². The van der Waals surface area contributed by atoms with Crippen LogP contribution >= 0.6 is 0 Å². The molecule has 0 aromatic carbocycles. The highest BCUT2D eigenvalue weighted by atomic mass is 16.5. The van der Waals surface area contributed by atoms with E-state index < -0.39 is 0 Å². The Morgan fingerprint density at radius 2 is 1.23 bits per heavy atom. The molecule has 0 bridgehead atoms. The second-order valence-corrected chi connectivity index (χ2v) is 8.98. The number of hydrogen-bond acceptors (Lipinski definition) is 2. The second kappa shape index (κ2) is 20.9.